The SMILES string of the molecule is CC(C)(CCC(=O)CCCC(=O)CCC(C)(C)C(=O)O)CC(=O)O. The molecule has 6 heteroatoms. The molecule has 0 rings (SSSR count). The normalized spacial score (nSPS) is 12.0. The number of carboxylic acid groups (broad SMARTS) is 2. The third-order valence-electron chi connectivity index (χ3n) is 4.23. The van der Waals surface area contributed by atoms with Gasteiger partial charge in [-0.3, -0.25) is 19.2 Å². The summed E-state index contributed by atoms with van der Waals surface area (Å²) in [7, 11) is 0. The molecule has 0 fully saturated rings. The zero-order chi connectivity index (χ0) is 19.0. The number of carboxylic acids is 2. The Morgan fingerprint density at radius 3 is 1.62 bits per heavy atom. The molecule has 24 heavy (non-hydrogen) atoms. The molecule has 0 aromatic rings. The van der Waals surface area contributed by atoms with Crippen LogP contribution in [-0.2, 0) is 19.2 Å². The van der Waals surface area contributed by atoms with Crippen molar-refractivity contribution in [2.45, 2.75) is 79.1 Å². The predicted octanol–water partition coefficient (Wildman–Crippen LogP) is 3.47. The van der Waals surface area contributed by atoms with Crippen LogP contribution in [0.25, 0.3) is 0 Å². The van der Waals surface area contributed by atoms with Gasteiger partial charge in [-0.15, -0.1) is 0 Å². The largest absolute Gasteiger partial charge is 0.481 e. The average molecular weight is 342 g/mol. The third-order valence-corrected chi connectivity index (χ3v) is 4.23. The first-order valence-corrected chi connectivity index (χ1v) is 8.34. The van der Waals surface area contributed by atoms with Crippen molar-refractivity contribution in [3.8, 4) is 0 Å². The van der Waals surface area contributed by atoms with E-state index in [-0.39, 0.29) is 30.8 Å². The van der Waals surface area contributed by atoms with E-state index in [1.165, 1.54) is 0 Å². The van der Waals surface area contributed by atoms with E-state index < -0.39 is 22.8 Å². The van der Waals surface area contributed by atoms with E-state index >= 15 is 0 Å². The molecule has 0 aromatic heterocycles. The summed E-state index contributed by atoms with van der Waals surface area (Å²) in [5.41, 5.74) is -1.33. The standard InChI is InChI=1S/C18H30O6/c1-17(2,12-15(21)22)10-8-13(19)6-5-7-14(20)9-11-18(3,4)16(23)24/h5-12H2,1-4H3,(H,21,22)(H,23,24). The van der Waals surface area contributed by atoms with Gasteiger partial charge in [-0.05, 0) is 38.5 Å². The highest BCUT2D eigenvalue weighted by atomic mass is 16.4. The van der Waals surface area contributed by atoms with Gasteiger partial charge in [0.2, 0.25) is 0 Å². The second-order valence-corrected chi connectivity index (χ2v) is 7.85. The summed E-state index contributed by atoms with van der Waals surface area (Å²) in [6.45, 7) is 6.82. The zero-order valence-corrected chi connectivity index (χ0v) is 15.2. The fourth-order valence-electron chi connectivity index (χ4n) is 2.27. The molecule has 0 bridgehead atoms. The highest BCUT2D eigenvalue weighted by molar-refractivity contribution is 5.82. The summed E-state index contributed by atoms with van der Waals surface area (Å²) >= 11 is 0. The van der Waals surface area contributed by atoms with E-state index in [2.05, 4.69) is 0 Å². The van der Waals surface area contributed by atoms with E-state index in [1.54, 1.807) is 13.8 Å². The molecule has 0 aromatic carbocycles. The van der Waals surface area contributed by atoms with E-state index in [4.69, 9.17) is 10.2 Å². The van der Waals surface area contributed by atoms with Gasteiger partial charge in [0, 0.05) is 25.7 Å². The molecule has 6 nitrogen and oxygen atoms in total. The van der Waals surface area contributed by atoms with Crippen LogP contribution in [0.3, 0.4) is 0 Å². The lowest BCUT2D eigenvalue weighted by molar-refractivity contribution is -0.147. The monoisotopic (exact) mass is 342 g/mol. The minimum Gasteiger partial charge on any atom is -0.481 e. The Morgan fingerprint density at radius 2 is 1.21 bits per heavy atom. The lowest BCUT2D eigenvalue weighted by Crippen LogP contribution is -2.24. The Bertz CT molecular complexity index is 476. The van der Waals surface area contributed by atoms with Crippen LogP contribution >= 0.6 is 0 Å². The second-order valence-electron chi connectivity index (χ2n) is 7.85. The van der Waals surface area contributed by atoms with Crippen LogP contribution in [0.1, 0.15) is 79.1 Å². The van der Waals surface area contributed by atoms with Gasteiger partial charge < -0.3 is 10.2 Å². The molecular formula is C18H30O6. The van der Waals surface area contributed by atoms with Gasteiger partial charge in [-0.2, -0.15) is 0 Å². The summed E-state index contributed by atoms with van der Waals surface area (Å²) in [5, 5.41) is 17.8. The van der Waals surface area contributed by atoms with E-state index in [0.717, 1.165) is 0 Å². The molecule has 0 spiro atoms. The van der Waals surface area contributed by atoms with Crippen LogP contribution in [-0.4, -0.2) is 33.7 Å². The van der Waals surface area contributed by atoms with Gasteiger partial charge in [-0.1, -0.05) is 13.8 Å². The number of ketones is 2. The first kappa shape index (κ1) is 22.3. The maximum Gasteiger partial charge on any atom is 0.309 e. The topological polar surface area (TPSA) is 109 Å². The summed E-state index contributed by atoms with van der Waals surface area (Å²) in [6.07, 6.45) is 2.40. The fourth-order valence-corrected chi connectivity index (χ4v) is 2.27. The molecule has 2 N–H and O–H groups in total. The van der Waals surface area contributed by atoms with Gasteiger partial charge in [0.05, 0.1) is 11.8 Å². The smallest absolute Gasteiger partial charge is 0.309 e. The number of hydrogen-bond donors (Lipinski definition) is 2. The summed E-state index contributed by atoms with van der Waals surface area (Å²) in [4.78, 5) is 45.3. The van der Waals surface area contributed by atoms with Gasteiger partial charge in [0.1, 0.15) is 11.6 Å². The molecule has 0 amide bonds. The van der Waals surface area contributed by atoms with Crippen LogP contribution < -0.4 is 0 Å². The molecule has 0 aliphatic rings. The Balaban J connectivity index is 3.99. The highest BCUT2D eigenvalue weighted by Crippen LogP contribution is 2.27. The van der Waals surface area contributed by atoms with Crippen molar-refractivity contribution in [2.75, 3.05) is 0 Å². The Hall–Kier alpha value is -1.72. The quantitative estimate of drug-likeness (QED) is 0.530. The Morgan fingerprint density at radius 1 is 0.750 bits per heavy atom. The molecule has 0 aliphatic heterocycles. The summed E-state index contributed by atoms with van der Waals surface area (Å²) < 4.78 is 0. The minimum atomic E-state index is -0.922. The molecule has 0 heterocycles. The minimum absolute atomic E-state index is 0.0247. The van der Waals surface area contributed by atoms with E-state index in [0.29, 0.717) is 32.1 Å². The molecule has 0 saturated heterocycles. The molecular weight excluding hydrogens is 312 g/mol. The third kappa shape index (κ3) is 10.1. The molecule has 138 valence electrons. The molecule has 0 saturated carbocycles. The predicted molar refractivity (Wildman–Crippen MR) is 89.8 cm³/mol. The summed E-state index contributed by atoms with van der Waals surface area (Å²) in [6, 6.07) is 0. The van der Waals surface area contributed by atoms with Crippen LogP contribution in [0.2, 0.25) is 0 Å². The molecule has 0 unspecified atom stereocenters. The van der Waals surface area contributed by atoms with Crippen molar-refractivity contribution >= 4 is 23.5 Å². The van der Waals surface area contributed by atoms with Crippen LogP contribution in [0.4, 0.5) is 0 Å². The number of Topliss-reactive ketones (excluding diaryl/α,β-unsaturated/α-hetero) is 2. The maximum atomic E-state index is 11.8. The lowest BCUT2D eigenvalue weighted by Gasteiger charge is -2.21. The van der Waals surface area contributed by atoms with Crippen LogP contribution in [0, 0.1) is 10.8 Å². The average Bonchev–Trinajstić information content (AvgIpc) is 2.41. The number of carbonyl (C=O) groups is 4. The molecule has 0 radical (unpaired) electrons. The van der Waals surface area contributed by atoms with Gasteiger partial charge in [0.15, 0.2) is 0 Å². The van der Waals surface area contributed by atoms with Crippen molar-refractivity contribution in [1.82, 2.24) is 0 Å². The first-order valence-electron chi connectivity index (χ1n) is 8.34. The number of carbonyl (C=O) groups excluding carboxylic acids is 2. The fraction of sp³-hybridized carbons (Fsp3) is 0.778. The molecule has 0 aliphatic carbocycles. The van der Waals surface area contributed by atoms with Crippen molar-refractivity contribution in [2.24, 2.45) is 10.8 Å². The van der Waals surface area contributed by atoms with Gasteiger partial charge in [0.25, 0.3) is 0 Å². The number of aliphatic carboxylic acids is 2. The van der Waals surface area contributed by atoms with Crippen molar-refractivity contribution in [3.63, 3.8) is 0 Å². The first-order chi connectivity index (χ1) is 10.9. The van der Waals surface area contributed by atoms with Crippen LogP contribution in [0.5, 0.6) is 0 Å². The van der Waals surface area contributed by atoms with Crippen molar-refractivity contribution in [1.29, 1.82) is 0 Å². The van der Waals surface area contributed by atoms with Crippen LogP contribution in [0.15, 0.2) is 0 Å². The summed E-state index contributed by atoms with van der Waals surface area (Å²) in [5.74, 6) is -1.78. The van der Waals surface area contributed by atoms with E-state index in [1.807, 2.05) is 13.8 Å². The number of rotatable bonds is 13. The van der Waals surface area contributed by atoms with Gasteiger partial charge in [-0.25, -0.2) is 0 Å². The van der Waals surface area contributed by atoms with Gasteiger partial charge >= 0.3 is 11.9 Å². The van der Waals surface area contributed by atoms with Crippen molar-refractivity contribution < 1.29 is 29.4 Å². The van der Waals surface area contributed by atoms with E-state index in [9.17, 15) is 19.2 Å². The Labute approximate surface area is 143 Å². The second kappa shape index (κ2) is 9.55. The number of hydrogen-bond acceptors (Lipinski definition) is 4. The Kier molecular flexibility index (Phi) is 8.86. The zero-order valence-electron chi connectivity index (χ0n) is 15.2. The maximum absolute atomic E-state index is 11.8. The lowest BCUT2D eigenvalue weighted by atomic mass is 9.83. The highest BCUT2D eigenvalue weighted by Gasteiger charge is 2.27. The molecule has 0 atom stereocenters. The van der Waals surface area contributed by atoms with Crippen molar-refractivity contribution in [3.05, 3.63) is 0 Å².